The summed E-state index contributed by atoms with van der Waals surface area (Å²) in [6.45, 7) is 0.884. The highest BCUT2D eigenvalue weighted by atomic mass is 16.3. The molecule has 1 aliphatic rings. The van der Waals surface area contributed by atoms with Gasteiger partial charge in [-0.05, 0) is 48.7 Å². The number of anilines is 3. The number of hydrogen-bond acceptors (Lipinski definition) is 4. The van der Waals surface area contributed by atoms with Gasteiger partial charge in [0.05, 0.1) is 11.4 Å². The number of aromatic nitrogens is 1. The fraction of sp³-hybridized carbons (Fsp3) is 0.179. The summed E-state index contributed by atoms with van der Waals surface area (Å²) in [7, 11) is 0. The lowest BCUT2D eigenvalue weighted by molar-refractivity contribution is 0.641. The van der Waals surface area contributed by atoms with Gasteiger partial charge in [-0.2, -0.15) is 0 Å². The van der Waals surface area contributed by atoms with Crippen molar-refractivity contribution in [3.05, 3.63) is 95.7 Å². The van der Waals surface area contributed by atoms with Gasteiger partial charge in [-0.1, -0.05) is 62.3 Å². The van der Waals surface area contributed by atoms with E-state index in [2.05, 4.69) is 15.2 Å². The number of aryl methyl sites for hydroxylation is 1. The summed E-state index contributed by atoms with van der Waals surface area (Å²) in [5.74, 6) is -1.81. The van der Waals surface area contributed by atoms with Gasteiger partial charge >= 0.3 is 0 Å². The molecule has 2 atom stereocenters. The molecule has 0 spiro atoms. The molecule has 0 saturated carbocycles. The molecule has 1 N–H and O–H groups in total. The van der Waals surface area contributed by atoms with Gasteiger partial charge in [-0.15, -0.1) is 0 Å². The number of hydrogen-bond donors (Lipinski definition) is 1. The average Bonchev–Trinajstić information content (AvgIpc) is 3.41. The first kappa shape index (κ1) is 15.1. The van der Waals surface area contributed by atoms with Crippen molar-refractivity contribution in [1.29, 1.82) is 0 Å². The second-order valence-electron chi connectivity index (χ2n) is 8.21. The van der Waals surface area contributed by atoms with E-state index in [1.165, 1.54) is 6.92 Å². The van der Waals surface area contributed by atoms with Crippen molar-refractivity contribution in [2.24, 2.45) is 0 Å². The van der Waals surface area contributed by atoms with Gasteiger partial charge in [0.25, 0.3) is 0 Å². The van der Waals surface area contributed by atoms with Crippen molar-refractivity contribution < 1.29 is 9.90 Å². The molecule has 0 aliphatic carbocycles. The quantitative estimate of drug-likeness (QED) is 0.323. The normalized spacial score (nSPS) is 19.6. The SMILES string of the molecule is [2H]C([2H])([2H])C([2H])(C)c1ccccc1N1c2ccccc2NC1c1cccc2c1oc1nc(C)ccc12. The molecular weight excluding hydrogens is 394 g/mol. The van der Waals surface area contributed by atoms with Crippen LogP contribution < -0.4 is 10.2 Å². The second kappa shape index (κ2) is 7.13. The van der Waals surface area contributed by atoms with Crippen molar-refractivity contribution in [3.8, 4) is 0 Å². The first-order chi connectivity index (χ1) is 17.2. The molecule has 32 heavy (non-hydrogen) atoms. The monoisotopic (exact) mass is 423 g/mol. The van der Waals surface area contributed by atoms with Gasteiger partial charge < -0.3 is 14.6 Å². The Morgan fingerprint density at radius 3 is 2.66 bits per heavy atom. The molecule has 5 aromatic rings. The molecule has 4 nitrogen and oxygen atoms in total. The van der Waals surface area contributed by atoms with E-state index in [-0.39, 0.29) is 6.17 Å². The maximum absolute atomic E-state index is 8.87. The van der Waals surface area contributed by atoms with Crippen LogP contribution in [-0.2, 0) is 0 Å². The van der Waals surface area contributed by atoms with E-state index >= 15 is 0 Å². The fourth-order valence-corrected chi connectivity index (χ4v) is 4.65. The summed E-state index contributed by atoms with van der Waals surface area (Å²) in [5.41, 5.74) is 6.00. The van der Waals surface area contributed by atoms with Crippen molar-refractivity contribution in [2.45, 2.75) is 32.8 Å². The lowest BCUT2D eigenvalue weighted by atomic mass is 9.99. The number of benzene rings is 3. The second-order valence-corrected chi connectivity index (χ2v) is 8.21. The average molecular weight is 424 g/mol. The third-order valence-corrected chi connectivity index (χ3v) is 6.11. The van der Waals surface area contributed by atoms with Crippen LogP contribution in [0.2, 0.25) is 0 Å². The largest absolute Gasteiger partial charge is 0.437 e. The lowest BCUT2D eigenvalue weighted by Gasteiger charge is -2.30. The standard InChI is InChI=1S/C28H25N3O/c1-17(2)19-9-4-6-13-24(19)31-25-14-7-5-12-23(25)30-27(31)22-11-8-10-20-21-16-15-18(3)29-28(21)32-26(20)22/h4-17,27,30H,1-3H3/i1D3,17D. The Kier molecular flexibility index (Phi) is 3.36. The maximum atomic E-state index is 8.87. The molecule has 6 rings (SSSR count). The molecule has 1 aliphatic heterocycles. The summed E-state index contributed by atoms with van der Waals surface area (Å²) >= 11 is 0. The Hall–Kier alpha value is -3.79. The molecule has 0 radical (unpaired) electrons. The molecule has 0 saturated heterocycles. The molecule has 3 aromatic carbocycles. The fourth-order valence-electron chi connectivity index (χ4n) is 4.65. The predicted octanol–water partition coefficient (Wildman–Crippen LogP) is 7.68. The maximum Gasteiger partial charge on any atom is 0.227 e. The summed E-state index contributed by atoms with van der Waals surface area (Å²) in [4.78, 5) is 6.66. The van der Waals surface area contributed by atoms with Crippen molar-refractivity contribution >= 4 is 39.1 Å². The van der Waals surface area contributed by atoms with Crippen LogP contribution in [0.5, 0.6) is 0 Å². The third kappa shape index (κ3) is 2.79. The van der Waals surface area contributed by atoms with E-state index in [9.17, 15) is 0 Å². The zero-order chi connectivity index (χ0) is 25.2. The molecule has 3 heterocycles. The minimum absolute atomic E-state index is 0.388. The van der Waals surface area contributed by atoms with Gasteiger partial charge in [0.1, 0.15) is 11.7 Å². The third-order valence-electron chi connectivity index (χ3n) is 6.11. The van der Waals surface area contributed by atoms with Gasteiger partial charge in [-0.3, -0.25) is 0 Å². The minimum atomic E-state index is -2.51. The molecule has 2 unspecified atom stereocenters. The number of furan rings is 1. The number of fused-ring (bicyclic) bond motifs is 4. The summed E-state index contributed by atoms with van der Waals surface area (Å²) in [6.07, 6.45) is -0.388. The molecule has 0 fully saturated rings. The topological polar surface area (TPSA) is 41.3 Å². The first-order valence-corrected chi connectivity index (χ1v) is 10.7. The summed E-state index contributed by atoms with van der Waals surface area (Å²) < 4.78 is 39.4. The minimum Gasteiger partial charge on any atom is -0.437 e. The highest BCUT2D eigenvalue weighted by molar-refractivity contribution is 6.05. The smallest absolute Gasteiger partial charge is 0.227 e. The Balaban J connectivity index is 1.60. The van der Waals surface area contributed by atoms with Crippen molar-refractivity contribution in [1.82, 2.24) is 4.98 Å². The van der Waals surface area contributed by atoms with Crippen molar-refractivity contribution in [2.75, 3.05) is 10.2 Å². The van der Waals surface area contributed by atoms with E-state index in [0.29, 0.717) is 17.0 Å². The van der Waals surface area contributed by atoms with E-state index < -0.39 is 12.7 Å². The zero-order valence-corrected chi connectivity index (χ0v) is 17.9. The molecule has 0 bridgehead atoms. The molecule has 2 aromatic heterocycles. The van der Waals surface area contributed by atoms with Crippen LogP contribution in [-0.4, -0.2) is 4.98 Å². The van der Waals surface area contributed by atoms with Gasteiger partial charge in [-0.25, -0.2) is 4.98 Å². The van der Waals surface area contributed by atoms with Crippen LogP contribution in [0.4, 0.5) is 17.1 Å². The van der Waals surface area contributed by atoms with E-state index in [0.717, 1.165) is 39.0 Å². The Bertz CT molecular complexity index is 1620. The van der Waals surface area contributed by atoms with Crippen LogP contribution in [0, 0.1) is 6.92 Å². The molecule has 158 valence electrons. The van der Waals surface area contributed by atoms with Crippen LogP contribution in [0.1, 0.15) is 48.1 Å². The molecular formula is C28H25N3O. The number of nitrogens with one attached hydrogen (secondary N) is 1. The van der Waals surface area contributed by atoms with Crippen LogP contribution in [0.25, 0.3) is 22.1 Å². The summed E-state index contributed by atoms with van der Waals surface area (Å²) in [5, 5.41) is 5.52. The number of para-hydroxylation sites is 4. The first-order valence-electron chi connectivity index (χ1n) is 12.7. The Labute approximate surface area is 193 Å². The number of rotatable bonds is 3. The van der Waals surface area contributed by atoms with E-state index in [1.54, 1.807) is 12.1 Å². The van der Waals surface area contributed by atoms with E-state index in [4.69, 9.17) is 9.90 Å². The Morgan fingerprint density at radius 1 is 0.969 bits per heavy atom. The van der Waals surface area contributed by atoms with Gasteiger partial charge in [0.15, 0.2) is 0 Å². The van der Waals surface area contributed by atoms with Crippen LogP contribution in [0.15, 0.2) is 83.3 Å². The van der Waals surface area contributed by atoms with Crippen LogP contribution >= 0.6 is 0 Å². The highest BCUT2D eigenvalue weighted by Gasteiger charge is 2.34. The molecule has 0 amide bonds. The molecule has 4 heteroatoms. The number of nitrogens with zero attached hydrogens (tertiary/aromatic N) is 2. The zero-order valence-electron chi connectivity index (χ0n) is 21.9. The highest BCUT2D eigenvalue weighted by Crippen LogP contribution is 2.49. The lowest BCUT2D eigenvalue weighted by Crippen LogP contribution is -2.24. The van der Waals surface area contributed by atoms with Crippen molar-refractivity contribution in [3.63, 3.8) is 0 Å². The Morgan fingerprint density at radius 2 is 1.78 bits per heavy atom. The number of pyridine rings is 1. The summed E-state index contributed by atoms with van der Waals surface area (Å²) in [6, 6.07) is 25.2. The van der Waals surface area contributed by atoms with Crippen LogP contribution in [0.3, 0.4) is 0 Å². The predicted molar refractivity (Wildman–Crippen MR) is 132 cm³/mol. The van der Waals surface area contributed by atoms with E-state index in [1.807, 2.05) is 73.7 Å². The van der Waals surface area contributed by atoms with Gasteiger partial charge in [0.2, 0.25) is 5.71 Å². The van der Waals surface area contributed by atoms with Gasteiger partial charge in [0, 0.05) is 33.2 Å².